The highest BCUT2D eigenvalue weighted by Gasteiger charge is 2.45. The molecule has 6 nitrogen and oxygen atoms in total. The molecule has 1 N–H and O–H groups in total. The van der Waals surface area contributed by atoms with Gasteiger partial charge in [-0.1, -0.05) is 6.07 Å². The Kier molecular flexibility index (Phi) is 4.00. The van der Waals surface area contributed by atoms with Gasteiger partial charge in [0.15, 0.2) is 11.5 Å². The molecule has 0 aromatic carbocycles. The molecule has 1 aliphatic rings. The summed E-state index contributed by atoms with van der Waals surface area (Å²) < 4.78 is 10.7. The summed E-state index contributed by atoms with van der Waals surface area (Å²) in [5.74, 6) is -0.406. The first-order valence-corrected chi connectivity index (χ1v) is 8.85. The zero-order valence-corrected chi connectivity index (χ0v) is 14.7. The molecule has 0 saturated heterocycles. The van der Waals surface area contributed by atoms with Crippen molar-refractivity contribution in [1.82, 2.24) is 4.90 Å². The van der Waals surface area contributed by atoms with E-state index in [0.29, 0.717) is 11.5 Å². The van der Waals surface area contributed by atoms with E-state index in [2.05, 4.69) is 0 Å². The van der Waals surface area contributed by atoms with E-state index in [0.717, 1.165) is 4.88 Å². The topological polar surface area (TPSA) is 83.9 Å². The van der Waals surface area contributed by atoms with Gasteiger partial charge in [0.25, 0.3) is 5.91 Å². The maximum Gasteiger partial charge on any atom is 0.290 e. The molecule has 1 unspecified atom stereocenters. The van der Waals surface area contributed by atoms with Gasteiger partial charge in [-0.05, 0) is 42.6 Å². The number of rotatable bonds is 5. The molecular formula is C19H15NO5S. The summed E-state index contributed by atoms with van der Waals surface area (Å²) in [7, 11) is 0. The van der Waals surface area contributed by atoms with Gasteiger partial charge in [0.2, 0.25) is 5.78 Å². The summed E-state index contributed by atoms with van der Waals surface area (Å²) in [5, 5.41) is 12.3. The van der Waals surface area contributed by atoms with Crippen molar-refractivity contribution >= 4 is 23.0 Å². The molecule has 1 aliphatic heterocycles. The second kappa shape index (κ2) is 6.34. The fraction of sp³-hybridized carbons (Fsp3) is 0.158. The number of Topliss-reactive ketones (excluding diaryl/α,β-unsaturated/α-hetero) is 1. The normalized spacial score (nSPS) is 17.3. The van der Waals surface area contributed by atoms with E-state index in [1.165, 1.54) is 22.5 Å². The number of furan rings is 2. The summed E-state index contributed by atoms with van der Waals surface area (Å²) in [5.41, 5.74) is 0.0263. The molecule has 0 bridgehead atoms. The lowest BCUT2D eigenvalue weighted by Gasteiger charge is -2.24. The molecule has 26 heavy (non-hydrogen) atoms. The first-order chi connectivity index (χ1) is 12.6. The number of carbonyl (C=O) groups excluding carboxylic acids is 2. The van der Waals surface area contributed by atoms with Gasteiger partial charge in [-0.3, -0.25) is 9.59 Å². The van der Waals surface area contributed by atoms with Crippen LogP contribution in [-0.4, -0.2) is 21.7 Å². The Bertz CT molecular complexity index is 981. The number of hydrogen-bond acceptors (Lipinski definition) is 6. The van der Waals surface area contributed by atoms with Gasteiger partial charge in [0.05, 0.1) is 18.4 Å². The minimum atomic E-state index is -0.689. The Hall–Kier alpha value is -3.06. The van der Waals surface area contributed by atoms with E-state index in [1.54, 1.807) is 31.2 Å². The number of aliphatic hydroxyl groups is 1. The van der Waals surface area contributed by atoms with Crippen LogP contribution >= 0.6 is 11.3 Å². The Balaban J connectivity index is 1.77. The molecule has 0 radical (unpaired) electrons. The molecule has 0 fully saturated rings. The molecule has 0 aliphatic carbocycles. The van der Waals surface area contributed by atoms with Crippen molar-refractivity contribution in [2.24, 2.45) is 0 Å². The van der Waals surface area contributed by atoms with Crippen LogP contribution in [-0.2, 0) is 11.3 Å². The third-order valence-electron chi connectivity index (χ3n) is 4.23. The molecule has 7 heteroatoms. The highest BCUT2D eigenvalue weighted by atomic mass is 32.1. The highest BCUT2D eigenvalue weighted by Crippen LogP contribution is 2.41. The lowest BCUT2D eigenvalue weighted by atomic mass is 10.0. The van der Waals surface area contributed by atoms with Crippen molar-refractivity contribution < 1.29 is 23.5 Å². The SMILES string of the molecule is Cc1ccc(C(=O)C2=C(O)C(=O)N(Cc3ccco3)C2c2cccs2)o1. The summed E-state index contributed by atoms with van der Waals surface area (Å²) in [6, 6.07) is 9.66. The van der Waals surface area contributed by atoms with Gasteiger partial charge < -0.3 is 18.8 Å². The van der Waals surface area contributed by atoms with Crippen LogP contribution in [0.2, 0.25) is 0 Å². The minimum absolute atomic E-state index is 0.0263. The van der Waals surface area contributed by atoms with Gasteiger partial charge in [-0.2, -0.15) is 0 Å². The van der Waals surface area contributed by atoms with Gasteiger partial charge >= 0.3 is 0 Å². The molecule has 0 saturated carbocycles. The van der Waals surface area contributed by atoms with E-state index in [1.807, 2.05) is 17.5 Å². The Labute approximate surface area is 153 Å². The predicted molar refractivity (Wildman–Crippen MR) is 93.7 cm³/mol. The smallest absolute Gasteiger partial charge is 0.290 e. The van der Waals surface area contributed by atoms with E-state index in [9.17, 15) is 14.7 Å². The van der Waals surface area contributed by atoms with Crippen LogP contribution in [0, 0.1) is 6.92 Å². The summed E-state index contributed by atoms with van der Waals surface area (Å²) in [4.78, 5) is 27.9. The number of carbonyl (C=O) groups is 2. The van der Waals surface area contributed by atoms with Crippen molar-refractivity contribution in [3.05, 3.63) is 81.5 Å². The number of aliphatic hydroxyl groups excluding tert-OH is 1. The van der Waals surface area contributed by atoms with Crippen molar-refractivity contribution in [3.8, 4) is 0 Å². The molecular weight excluding hydrogens is 354 g/mol. The number of thiophene rings is 1. The second-order valence-electron chi connectivity index (χ2n) is 5.93. The Morgan fingerprint density at radius 3 is 2.73 bits per heavy atom. The predicted octanol–water partition coefficient (Wildman–Crippen LogP) is 4.02. The fourth-order valence-electron chi connectivity index (χ4n) is 3.05. The quantitative estimate of drug-likeness (QED) is 0.687. The Morgan fingerprint density at radius 2 is 2.12 bits per heavy atom. The summed E-state index contributed by atoms with van der Waals surface area (Å²) >= 11 is 1.41. The van der Waals surface area contributed by atoms with Crippen molar-refractivity contribution in [2.75, 3.05) is 0 Å². The zero-order chi connectivity index (χ0) is 18.3. The van der Waals surface area contributed by atoms with Gasteiger partial charge in [0.1, 0.15) is 17.6 Å². The average Bonchev–Trinajstić information content (AvgIpc) is 3.39. The molecule has 132 valence electrons. The number of aryl methyl sites for hydroxylation is 1. The molecule has 4 rings (SSSR count). The highest BCUT2D eigenvalue weighted by molar-refractivity contribution is 7.10. The molecule has 3 aromatic heterocycles. The van der Waals surface area contributed by atoms with Crippen LogP contribution in [0.3, 0.4) is 0 Å². The van der Waals surface area contributed by atoms with Crippen LogP contribution < -0.4 is 0 Å². The van der Waals surface area contributed by atoms with E-state index >= 15 is 0 Å². The molecule has 4 heterocycles. The number of amides is 1. The van der Waals surface area contributed by atoms with Gasteiger partial charge in [-0.25, -0.2) is 0 Å². The molecule has 0 spiro atoms. The Morgan fingerprint density at radius 1 is 1.27 bits per heavy atom. The third kappa shape index (κ3) is 2.66. The first kappa shape index (κ1) is 16.4. The van der Waals surface area contributed by atoms with E-state index < -0.39 is 23.5 Å². The molecule has 1 atom stereocenters. The van der Waals surface area contributed by atoms with Crippen molar-refractivity contribution in [3.63, 3.8) is 0 Å². The largest absolute Gasteiger partial charge is 0.503 e. The van der Waals surface area contributed by atoms with Crippen LogP contribution in [0.25, 0.3) is 0 Å². The summed E-state index contributed by atoms with van der Waals surface area (Å²) in [6.45, 7) is 1.87. The maximum absolute atomic E-state index is 13.0. The standard InChI is InChI=1S/C19H15NO5S/c1-11-6-7-13(25-11)17(21)15-16(14-5-3-9-26-14)20(19(23)18(15)22)10-12-4-2-8-24-12/h2-9,16,22H,10H2,1H3. The fourth-order valence-corrected chi connectivity index (χ4v) is 3.90. The first-order valence-electron chi connectivity index (χ1n) is 7.97. The monoisotopic (exact) mass is 369 g/mol. The molecule has 1 amide bonds. The second-order valence-corrected chi connectivity index (χ2v) is 6.91. The number of nitrogens with zero attached hydrogens (tertiary/aromatic N) is 1. The van der Waals surface area contributed by atoms with Crippen LogP contribution in [0.1, 0.15) is 33.0 Å². The van der Waals surface area contributed by atoms with E-state index in [-0.39, 0.29) is 17.9 Å². The molecule has 3 aromatic rings. The van der Waals surface area contributed by atoms with Crippen LogP contribution in [0.4, 0.5) is 0 Å². The third-order valence-corrected chi connectivity index (χ3v) is 5.16. The lowest BCUT2D eigenvalue weighted by molar-refractivity contribution is -0.130. The zero-order valence-electron chi connectivity index (χ0n) is 13.8. The number of hydrogen-bond donors (Lipinski definition) is 1. The lowest BCUT2D eigenvalue weighted by Crippen LogP contribution is -2.30. The maximum atomic E-state index is 13.0. The van der Waals surface area contributed by atoms with Crippen molar-refractivity contribution in [2.45, 2.75) is 19.5 Å². The minimum Gasteiger partial charge on any atom is -0.503 e. The van der Waals surface area contributed by atoms with E-state index in [4.69, 9.17) is 8.83 Å². The van der Waals surface area contributed by atoms with Gasteiger partial charge in [0, 0.05) is 4.88 Å². The average molecular weight is 369 g/mol. The van der Waals surface area contributed by atoms with Crippen LogP contribution in [0.15, 0.2) is 68.2 Å². The number of ketones is 1. The van der Waals surface area contributed by atoms with Crippen molar-refractivity contribution in [1.29, 1.82) is 0 Å². The summed E-state index contributed by atoms with van der Waals surface area (Å²) in [6.07, 6.45) is 1.51. The van der Waals surface area contributed by atoms with Gasteiger partial charge in [-0.15, -0.1) is 11.3 Å². The van der Waals surface area contributed by atoms with Crippen LogP contribution in [0.5, 0.6) is 0 Å².